The summed E-state index contributed by atoms with van der Waals surface area (Å²) >= 11 is 6.14. The summed E-state index contributed by atoms with van der Waals surface area (Å²) in [5.74, 6) is -11.6. The third-order valence-electron chi connectivity index (χ3n) is 22.7. The molecule has 3 N–H and O–H groups in total. The molecule has 1 aromatic carbocycles. The third kappa shape index (κ3) is 19.6. The van der Waals surface area contributed by atoms with Gasteiger partial charge in [-0.05, 0) is 106 Å². The molecule has 2 bridgehead atoms. The van der Waals surface area contributed by atoms with Crippen molar-refractivity contribution in [2.24, 2.45) is 17.8 Å². The lowest BCUT2D eigenvalue weighted by Gasteiger charge is -2.44. The van der Waals surface area contributed by atoms with Gasteiger partial charge in [0.25, 0.3) is 0 Å². The molecule has 10 atom stereocenters. The fourth-order valence-corrected chi connectivity index (χ4v) is 16.6. The van der Waals surface area contributed by atoms with Gasteiger partial charge in [0.1, 0.15) is 47.8 Å². The van der Waals surface area contributed by atoms with E-state index in [4.69, 9.17) is 16.3 Å². The first-order valence-corrected chi connectivity index (χ1v) is 36.7. The van der Waals surface area contributed by atoms with E-state index in [0.29, 0.717) is 56.3 Å². The second-order valence-corrected chi connectivity index (χ2v) is 30.2. The first kappa shape index (κ1) is 81.4. The summed E-state index contributed by atoms with van der Waals surface area (Å²) < 4.78 is 92.0. The van der Waals surface area contributed by atoms with E-state index in [2.05, 4.69) is 16.0 Å². The Hall–Kier alpha value is -7.31. The highest BCUT2D eigenvalue weighted by Crippen LogP contribution is 2.40. The lowest BCUT2D eigenvalue weighted by Crippen LogP contribution is -2.65. The minimum Gasteiger partial charge on any atom is -0.377 e. The highest BCUT2D eigenvalue weighted by atomic mass is 35.5. The summed E-state index contributed by atoms with van der Waals surface area (Å²) in [5.41, 5.74) is -2.51. The van der Waals surface area contributed by atoms with Crippen LogP contribution in [0.15, 0.2) is 18.2 Å². The van der Waals surface area contributed by atoms with E-state index in [1.807, 2.05) is 0 Å². The van der Waals surface area contributed by atoms with Crippen molar-refractivity contribution in [3.63, 3.8) is 0 Å². The lowest BCUT2D eigenvalue weighted by atomic mass is 9.81. The maximum atomic E-state index is 15.9. The zero-order valence-corrected chi connectivity index (χ0v) is 61.4. The van der Waals surface area contributed by atoms with Gasteiger partial charge in [-0.25, -0.2) is 0 Å². The average molecular weight is 1480 g/mol. The second-order valence-electron chi connectivity index (χ2n) is 29.8. The predicted octanol–water partition coefficient (Wildman–Crippen LogP) is 5.32. The Morgan fingerprint density at radius 3 is 1.84 bits per heavy atom. The monoisotopic (exact) mass is 1480 g/mol. The molecule has 0 radical (unpaired) electrons. The number of carbonyl (C=O) groups excluding carboxylic acids is 12. The number of nitrogens with one attached hydrogen (secondary N) is 3. The van der Waals surface area contributed by atoms with Crippen molar-refractivity contribution in [3.8, 4) is 0 Å². The van der Waals surface area contributed by atoms with Crippen LogP contribution in [0.1, 0.15) is 166 Å². The van der Waals surface area contributed by atoms with Crippen LogP contribution >= 0.6 is 11.6 Å². The molecule has 4 heterocycles. The van der Waals surface area contributed by atoms with Gasteiger partial charge in [0, 0.05) is 55.9 Å². The van der Waals surface area contributed by atoms with Gasteiger partial charge >= 0.3 is 12.4 Å². The van der Waals surface area contributed by atoms with Crippen molar-refractivity contribution in [1.82, 2.24) is 60.0 Å². The summed E-state index contributed by atoms with van der Waals surface area (Å²) in [6, 6.07) is -8.88. The number of morpholine rings is 1. The van der Waals surface area contributed by atoms with Crippen molar-refractivity contribution in [1.29, 1.82) is 0 Å². The number of likely N-dealkylation sites (N-methyl/N-ethyl adjacent to an activating group) is 7. The minimum absolute atomic E-state index is 0.0168. The molecular formula is C71H103ClF6N12O13. The molecule has 7 aliphatic rings. The van der Waals surface area contributed by atoms with E-state index in [9.17, 15) is 59.9 Å². The van der Waals surface area contributed by atoms with Crippen molar-refractivity contribution in [2.45, 2.75) is 234 Å². The summed E-state index contributed by atoms with van der Waals surface area (Å²) in [4.78, 5) is 189. The number of alkyl halides is 6. The Balaban J connectivity index is 1.18. The molecule has 574 valence electrons. The molecule has 1 spiro atoms. The van der Waals surface area contributed by atoms with Crippen LogP contribution in [0.2, 0.25) is 5.02 Å². The van der Waals surface area contributed by atoms with E-state index in [1.54, 1.807) is 13.8 Å². The SMILES string of the molecule is CC[C@H](C)[C@@H]1NC(=O)[C@H](CC(F)(F)F)N(C)C(=O)C[C@@H](C(=O)N2C3CCC2COC3)N(C)C(=O)[C@H](C2CCCCC2)N(C)C(=O)C2(CCCC2)NC(=O)[C@@H]2CCCN2C(=O)[C@H](CCc2ccc(C(F)(F)F)c(Cl)c2)NC(=O)CN(C)C(=O)[C@H](CC2CCCC2)N(C)C(=O)CN(C)C(=O)CN(C)C1=O. The van der Waals surface area contributed by atoms with Gasteiger partial charge in [0.15, 0.2) is 0 Å². The van der Waals surface area contributed by atoms with Crippen LogP contribution in [0.5, 0.6) is 0 Å². The maximum absolute atomic E-state index is 15.9. The zero-order valence-electron chi connectivity index (χ0n) is 60.6. The Morgan fingerprint density at radius 2 is 1.24 bits per heavy atom. The Labute approximate surface area is 603 Å². The molecule has 3 saturated carbocycles. The van der Waals surface area contributed by atoms with Crippen LogP contribution < -0.4 is 16.0 Å². The molecule has 25 nitrogen and oxygen atoms in total. The molecule has 7 fully saturated rings. The van der Waals surface area contributed by atoms with Gasteiger partial charge in [-0.15, -0.1) is 0 Å². The minimum atomic E-state index is -5.11. The number of halogens is 7. The number of hydrogen-bond donors (Lipinski definition) is 3. The molecule has 4 aliphatic heterocycles. The highest BCUT2D eigenvalue weighted by molar-refractivity contribution is 6.31. The fourth-order valence-electron chi connectivity index (χ4n) is 16.2. The molecule has 4 saturated heterocycles. The number of fused-ring (bicyclic) bond motifs is 3. The smallest absolute Gasteiger partial charge is 0.377 e. The van der Waals surface area contributed by atoms with Crippen molar-refractivity contribution < 1.29 is 88.6 Å². The van der Waals surface area contributed by atoms with Crippen molar-refractivity contribution in [3.05, 3.63) is 34.3 Å². The van der Waals surface area contributed by atoms with Gasteiger partial charge < -0.3 is 64.8 Å². The Kier molecular flexibility index (Phi) is 27.4. The van der Waals surface area contributed by atoms with Crippen molar-refractivity contribution in [2.75, 3.05) is 88.7 Å². The molecule has 32 heteroatoms. The van der Waals surface area contributed by atoms with Gasteiger partial charge in [0.05, 0.1) is 68.4 Å². The van der Waals surface area contributed by atoms with Gasteiger partial charge in [0.2, 0.25) is 70.9 Å². The Bertz CT molecular complexity index is 3280. The zero-order chi connectivity index (χ0) is 75.7. The summed E-state index contributed by atoms with van der Waals surface area (Å²) in [6.07, 6.45) is -4.30. The van der Waals surface area contributed by atoms with Gasteiger partial charge in [-0.2, -0.15) is 26.3 Å². The molecule has 2 unspecified atom stereocenters. The van der Waals surface area contributed by atoms with E-state index < -0.39 is 198 Å². The summed E-state index contributed by atoms with van der Waals surface area (Å²) in [7, 11) is 8.81. The number of nitrogens with zero attached hydrogens (tertiary/aromatic N) is 9. The van der Waals surface area contributed by atoms with E-state index in [1.165, 1.54) is 63.1 Å². The predicted molar refractivity (Wildman–Crippen MR) is 364 cm³/mol. The average Bonchev–Trinajstić information content (AvgIpc) is 1.72. The number of rotatable bonds is 10. The van der Waals surface area contributed by atoms with Crippen LogP contribution in [-0.4, -0.2) is 270 Å². The number of aryl methyl sites for hydroxylation is 1. The van der Waals surface area contributed by atoms with Crippen LogP contribution in [0, 0.1) is 17.8 Å². The number of hydrogen-bond acceptors (Lipinski definition) is 13. The Morgan fingerprint density at radius 1 is 0.641 bits per heavy atom. The number of ether oxygens (including phenoxy) is 1. The summed E-state index contributed by atoms with van der Waals surface area (Å²) in [5, 5.41) is 7.56. The lowest BCUT2D eigenvalue weighted by molar-refractivity contribution is -0.164. The van der Waals surface area contributed by atoms with E-state index in [0.717, 1.165) is 75.8 Å². The molecular weight excluding hydrogens is 1380 g/mol. The van der Waals surface area contributed by atoms with Gasteiger partial charge in [-0.3, -0.25) is 57.5 Å². The molecule has 1 aromatic rings. The third-order valence-corrected chi connectivity index (χ3v) is 23.0. The largest absolute Gasteiger partial charge is 0.417 e. The first-order valence-electron chi connectivity index (χ1n) is 36.3. The topological polar surface area (TPSA) is 279 Å². The van der Waals surface area contributed by atoms with Crippen LogP contribution in [0.4, 0.5) is 26.3 Å². The van der Waals surface area contributed by atoms with Gasteiger partial charge in [-0.1, -0.05) is 95.7 Å². The normalized spacial score (nSPS) is 28.4. The van der Waals surface area contributed by atoms with Crippen LogP contribution in [0.25, 0.3) is 0 Å². The maximum Gasteiger partial charge on any atom is 0.417 e. The molecule has 8 rings (SSSR count). The summed E-state index contributed by atoms with van der Waals surface area (Å²) in [6.45, 7) is 1.38. The number of benzene rings is 1. The highest BCUT2D eigenvalue weighted by Gasteiger charge is 2.53. The standard InChI is InChI=1S/C71H103ClF6N12O13/c1-10-42(2)59-66(100)84(5)38-57(93)82(3)39-58(94)85(6)52(34-43-19-14-15-20-43)64(98)83(4)37-55(91)79-50(29-25-44-24-28-48(49(72)33-44)71(76,77)78)63(97)89-32-18-23-51(89)62(96)81-69(30-16-17-31-69)68(102)88(9)60(45-21-12-11-13-22-45)67(101)87(8)53(65(99)90-46-26-27-47(90)41-103-40-46)35-56(92)86(7)54(61(95)80-59)36-70(73,74)75/h24,28,33,42-43,45-47,50-54,59-60H,10-23,25-27,29-32,34-41H2,1-9H3,(H,79,91)(H,80,95)(H,81,96)/t42-,46?,47?,50-,51-,52-,53-,54-,59-,60-/m0/s1. The van der Waals surface area contributed by atoms with Crippen LogP contribution in [0.3, 0.4) is 0 Å². The fraction of sp³-hybridized carbons (Fsp3) is 0.746. The molecule has 0 aromatic heterocycles. The molecule has 3 aliphatic carbocycles. The number of amides is 12. The van der Waals surface area contributed by atoms with Crippen molar-refractivity contribution >= 4 is 82.5 Å². The molecule has 103 heavy (non-hydrogen) atoms. The first-order chi connectivity index (χ1) is 48.5. The van der Waals surface area contributed by atoms with Crippen LogP contribution in [-0.2, 0) is 74.9 Å². The van der Waals surface area contributed by atoms with E-state index in [-0.39, 0.29) is 82.6 Å². The molecule has 12 amide bonds. The quantitative estimate of drug-likeness (QED) is 0.251. The van der Waals surface area contributed by atoms with E-state index >= 15 is 24.0 Å². The second kappa shape index (κ2) is 34.7. The number of carbonyl (C=O) groups is 12.